The number of benzene rings is 1. The highest BCUT2D eigenvalue weighted by atomic mass is 127. The van der Waals surface area contributed by atoms with E-state index < -0.39 is 5.97 Å². The Balaban J connectivity index is 2.31. The Kier molecular flexibility index (Phi) is 5.67. The summed E-state index contributed by atoms with van der Waals surface area (Å²) in [4.78, 5) is 15.3. The third-order valence-corrected chi connectivity index (χ3v) is 4.30. The summed E-state index contributed by atoms with van der Waals surface area (Å²) in [6.45, 7) is 3.89. The van der Waals surface area contributed by atoms with Gasteiger partial charge in [0, 0.05) is 16.7 Å². The summed E-state index contributed by atoms with van der Waals surface area (Å²) in [5.74, 6) is -0.831. The highest BCUT2D eigenvalue weighted by Crippen LogP contribution is 2.25. The maximum atomic E-state index is 10.7. The molecule has 0 aliphatic carbocycles. The molecule has 1 heterocycles. The first kappa shape index (κ1) is 15.6. The Morgan fingerprint density at radius 2 is 2.35 bits per heavy atom. The number of carbonyl (C=O) groups is 1. The van der Waals surface area contributed by atoms with Crippen LogP contribution < -0.4 is 0 Å². The van der Waals surface area contributed by atoms with Gasteiger partial charge in [0.05, 0.1) is 23.4 Å². The highest BCUT2D eigenvalue weighted by Gasteiger charge is 2.12. The van der Waals surface area contributed by atoms with E-state index in [-0.39, 0.29) is 5.75 Å². The van der Waals surface area contributed by atoms with E-state index in [0.717, 1.165) is 19.8 Å². The monoisotopic (exact) mass is 406 g/mol. The normalized spacial score (nSPS) is 11.1. The summed E-state index contributed by atoms with van der Waals surface area (Å²) < 4.78 is 8.52. The SMILES string of the molecule is CCOCCn1c(SCC(=O)O)nc2cc(I)ccc21. The topological polar surface area (TPSA) is 64.3 Å². The van der Waals surface area contributed by atoms with Crippen molar-refractivity contribution in [1.29, 1.82) is 0 Å². The van der Waals surface area contributed by atoms with E-state index in [1.807, 2.05) is 29.7 Å². The maximum Gasteiger partial charge on any atom is 0.313 e. The summed E-state index contributed by atoms with van der Waals surface area (Å²) in [6.07, 6.45) is 0. The highest BCUT2D eigenvalue weighted by molar-refractivity contribution is 14.1. The molecule has 2 aromatic rings. The van der Waals surface area contributed by atoms with E-state index in [1.54, 1.807) is 0 Å². The molecular weight excluding hydrogens is 391 g/mol. The van der Waals surface area contributed by atoms with Crippen LogP contribution >= 0.6 is 34.4 Å². The Hall–Kier alpha value is -0.800. The first-order valence-corrected chi connectivity index (χ1v) is 8.26. The second kappa shape index (κ2) is 7.28. The molecule has 0 saturated heterocycles. The minimum absolute atomic E-state index is 0.00898. The molecular formula is C13H15IN2O3S. The van der Waals surface area contributed by atoms with Gasteiger partial charge in [-0.3, -0.25) is 4.79 Å². The van der Waals surface area contributed by atoms with Crippen molar-refractivity contribution in [2.45, 2.75) is 18.6 Å². The van der Waals surface area contributed by atoms with Crippen LogP contribution in [0.4, 0.5) is 0 Å². The van der Waals surface area contributed by atoms with Crippen molar-refractivity contribution in [3.63, 3.8) is 0 Å². The number of carboxylic acid groups (broad SMARTS) is 1. The molecule has 0 aliphatic heterocycles. The van der Waals surface area contributed by atoms with Crippen molar-refractivity contribution in [2.75, 3.05) is 19.0 Å². The zero-order chi connectivity index (χ0) is 14.5. The lowest BCUT2D eigenvalue weighted by atomic mass is 10.3. The van der Waals surface area contributed by atoms with Gasteiger partial charge in [0.1, 0.15) is 0 Å². The fourth-order valence-corrected chi connectivity index (χ4v) is 3.07. The number of fused-ring (bicyclic) bond motifs is 1. The van der Waals surface area contributed by atoms with E-state index in [0.29, 0.717) is 19.8 Å². The summed E-state index contributed by atoms with van der Waals surface area (Å²) in [7, 11) is 0. The van der Waals surface area contributed by atoms with Gasteiger partial charge in [0.25, 0.3) is 0 Å². The zero-order valence-corrected chi connectivity index (χ0v) is 14.0. The van der Waals surface area contributed by atoms with E-state index in [2.05, 4.69) is 27.6 Å². The number of thioether (sulfide) groups is 1. The molecule has 0 fully saturated rings. The largest absolute Gasteiger partial charge is 0.481 e. The molecule has 7 heteroatoms. The first-order valence-electron chi connectivity index (χ1n) is 6.20. The van der Waals surface area contributed by atoms with Crippen LogP contribution in [0.3, 0.4) is 0 Å². The predicted molar refractivity (Wildman–Crippen MR) is 87.3 cm³/mol. The lowest BCUT2D eigenvalue weighted by molar-refractivity contribution is -0.133. The predicted octanol–water partition coefficient (Wildman–Crippen LogP) is 2.85. The van der Waals surface area contributed by atoms with Crippen molar-refractivity contribution < 1.29 is 14.6 Å². The molecule has 20 heavy (non-hydrogen) atoms. The molecule has 0 atom stereocenters. The number of rotatable bonds is 7. The number of ether oxygens (including phenoxy) is 1. The second-order valence-electron chi connectivity index (χ2n) is 4.06. The van der Waals surface area contributed by atoms with Crippen LogP contribution in [0.2, 0.25) is 0 Å². The van der Waals surface area contributed by atoms with E-state index in [4.69, 9.17) is 9.84 Å². The molecule has 0 amide bonds. The molecule has 108 valence electrons. The van der Waals surface area contributed by atoms with Crippen molar-refractivity contribution >= 4 is 51.4 Å². The smallest absolute Gasteiger partial charge is 0.313 e. The fourth-order valence-electron chi connectivity index (χ4n) is 1.83. The van der Waals surface area contributed by atoms with Gasteiger partial charge in [-0.15, -0.1) is 0 Å². The van der Waals surface area contributed by atoms with Crippen LogP contribution in [0.1, 0.15) is 6.92 Å². The van der Waals surface area contributed by atoms with Crippen molar-refractivity contribution in [1.82, 2.24) is 9.55 Å². The summed E-state index contributed by atoms with van der Waals surface area (Å²) >= 11 is 3.48. The number of imidazole rings is 1. The van der Waals surface area contributed by atoms with Gasteiger partial charge in [-0.1, -0.05) is 11.8 Å². The van der Waals surface area contributed by atoms with E-state index in [1.165, 1.54) is 11.8 Å². The molecule has 2 rings (SSSR count). The molecule has 0 spiro atoms. The van der Waals surface area contributed by atoms with E-state index in [9.17, 15) is 4.79 Å². The number of aromatic nitrogens is 2. The molecule has 1 N–H and O–H groups in total. The Morgan fingerprint density at radius 3 is 3.05 bits per heavy atom. The van der Waals surface area contributed by atoms with Gasteiger partial charge in [-0.2, -0.15) is 0 Å². The average Bonchev–Trinajstić information content (AvgIpc) is 2.74. The van der Waals surface area contributed by atoms with Gasteiger partial charge in [0.2, 0.25) is 0 Å². The Morgan fingerprint density at radius 1 is 1.55 bits per heavy atom. The number of halogens is 1. The summed E-state index contributed by atoms with van der Waals surface area (Å²) in [5, 5.41) is 9.54. The molecule has 1 aromatic heterocycles. The second-order valence-corrected chi connectivity index (χ2v) is 6.25. The van der Waals surface area contributed by atoms with Crippen molar-refractivity contribution in [3.05, 3.63) is 21.8 Å². The van der Waals surface area contributed by atoms with Crippen LogP contribution in [0.25, 0.3) is 11.0 Å². The lowest BCUT2D eigenvalue weighted by Crippen LogP contribution is -2.08. The summed E-state index contributed by atoms with van der Waals surface area (Å²) in [6, 6.07) is 6.03. The molecule has 0 bridgehead atoms. The third-order valence-electron chi connectivity index (χ3n) is 2.66. The van der Waals surface area contributed by atoms with Crippen molar-refractivity contribution in [2.24, 2.45) is 0 Å². The number of aliphatic carboxylic acids is 1. The van der Waals surface area contributed by atoms with Gasteiger partial charge >= 0.3 is 5.97 Å². The molecule has 0 unspecified atom stereocenters. The first-order chi connectivity index (χ1) is 9.61. The molecule has 0 saturated carbocycles. The maximum absolute atomic E-state index is 10.7. The van der Waals surface area contributed by atoms with Crippen molar-refractivity contribution in [3.8, 4) is 0 Å². The van der Waals surface area contributed by atoms with Gasteiger partial charge in [-0.25, -0.2) is 4.98 Å². The fraction of sp³-hybridized carbons (Fsp3) is 0.385. The number of carboxylic acids is 1. The summed E-state index contributed by atoms with van der Waals surface area (Å²) in [5.41, 5.74) is 1.90. The molecule has 0 aliphatic rings. The standard InChI is InChI=1S/C13H15IN2O3S/c1-2-19-6-5-16-11-4-3-9(14)7-10(11)15-13(16)20-8-12(17)18/h3-4,7H,2,5-6,8H2,1H3,(H,17,18). The third kappa shape index (κ3) is 3.86. The van der Waals surface area contributed by atoms with Crippen LogP contribution in [0.5, 0.6) is 0 Å². The van der Waals surface area contributed by atoms with Crippen LogP contribution in [-0.4, -0.2) is 39.6 Å². The lowest BCUT2D eigenvalue weighted by Gasteiger charge is -2.08. The number of nitrogens with zero attached hydrogens (tertiary/aromatic N) is 2. The Labute approximate surface area is 134 Å². The molecule has 5 nitrogen and oxygen atoms in total. The molecule has 0 radical (unpaired) electrons. The Bertz CT molecular complexity index is 615. The van der Waals surface area contributed by atoms with Gasteiger partial charge < -0.3 is 14.4 Å². The minimum Gasteiger partial charge on any atom is -0.481 e. The van der Waals surface area contributed by atoms with Gasteiger partial charge in [-0.05, 0) is 47.7 Å². The van der Waals surface area contributed by atoms with Crippen LogP contribution in [0, 0.1) is 3.57 Å². The number of hydrogen-bond acceptors (Lipinski definition) is 4. The minimum atomic E-state index is -0.840. The average molecular weight is 406 g/mol. The van der Waals surface area contributed by atoms with Crippen LogP contribution in [0.15, 0.2) is 23.4 Å². The molecule has 1 aromatic carbocycles. The van der Waals surface area contributed by atoms with Gasteiger partial charge in [0.15, 0.2) is 5.16 Å². The van der Waals surface area contributed by atoms with Crippen LogP contribution in [-0.2, 0) is 16.1 Å². The quantitative estimate of drug-likeness (QED) is 0.435. The van der Waals surface area contributed by atoms with E-state index >= 15 is 0 Å². The number of hydrogen-bond donors (Lipinski definition) is 1. The zero-order valence-electron chi connectivity index (χ0n) is 11.0.